The predicted molar refractivity (Wildman–Crippen MR) is 353 cm³/mol. The van der Waals surface area contributed by atoms with Crippen molar-refractivity contribution in [2.75, 3.05) is 337 Å². The van der Waals surface area contributed by atoms with Gasteiger partial charge in [-0.1, -0.05) is 62.6 Å². The number of unbranched alkanes of at least 4 members (excludes halogenated alkanes) is 5. The van der Waals surface area contributed by atoms with Gasteiger partial charge in [-0.05, 0) is 24.0 Å². The number of rotatable bonds is 86. The molecule has 0 saturated carbocycles. The van der Waals surface area contributed by atoms with Crippen LogP contribution in [0.15, 0.2) is 30.8 Å². The van der Waals surface area contributed by atoms with E-state index in [-0.39, 0.29) is 26.1 Å². The molecule has 0 amide bonds. The molecule has 562 valence electrons. The third-order valence-corrected chi connectivity index (χ3v) is 12.6. The first-order valence-electron chi connectivity index (χ1n) is 34.3. The summed E-state index contributed by atoms with van der Waals surface area (Å²) in [5.74, 6) is 0. The smallest absolute Gasteiger partial charge is 0.146 e. The van der Waals surface area contributed by atoms with Gasteiger partial charge in [-0.15, -0.1) is 0 Å². The van der Waals surface area contributed by atoms with Crippen molar-refractivity contribution in [3.63, 3.8) is 0 Å². The summed E-state index contributed by atoms with van der Waals surface area (Å²) >= 11 is 0. The minimum absolute atomic E-state index is 0.0119. The number of hydrogen-bond acceptors (Lipinski definition) is 28. The van der Waals surface area contributed by atoms with Crippen molar-refractivity contribution in [2.24, 2.45) is 0 Å². The summed E-state index contributed by atoms with van der Waals surface area (Å²) in [5, 5.41) is 17.3. The Morgan fingerprint density at radius 1 is 0.242 bits per heavy atom. The van der Waals surface area contributed by atoms with Crippen LogP contribution in [-0.2, 0) is 130 Å². The van der Waals surface area contributed by atoms with Crippen molar-refractivity contribution in [2.45, 2.75) is 51.2 Å². The fourth-order valence-corrected chi connectivity index (χ4v) is 7.60. The maximum atomic E-state index is 8.64. The van der Waals surface area contributed by atoms with E-state index < -0.39 is 0 Å². The molecule has 0 bridgehead atoms. The highest BCUT2D eigenvalue weighted by atomic mass is 16.7. The van der Waals surface area contributed by atoms with Crippen LogP contribution in [0.3, 0.4) is 0 Å². The van der Waals surface area contributed by atoms with Crippen LogP contribution in [0, 0.1) is 0 Å². The van der Waals surface area contributed by atoms with Gasteiger partial charge in [-0.3, -0.25) is 0 Å². The highest BCUT2D eigenvalue weighted by molar-refractivity contribution is 5.47. The molecule has 0 aliphatic heterocycles. The first-order chi connectivity index (χ1) is 47.3. The molecule has 28 nitrogen and oxygen atoms in total. The number of hydrogen-bond donors (Lipinski definition) is 2. The van der Waals surface area contributed by atoms with E-state index in [0.717, 1.165) is 44.3 Å². The van der Waals surface area contributed by atoms with Crippen molar-refractivity contribution in [1.29, 1.82) is 0 Å². The Balaban J connectivity index is 1.99. The fourth-order valence-electron chi connectivity index (χ4n) is 7.60. The van der Waals surface area contributed by atoms with Gasteiger partial charge in [0.2, 0.25) is 0 Å². The molecule has 0 saturated heterocycles. The van der Waals surface area contributed by atoms with Gasteiger partial charge in [0.15, 0.2) is 0 Å². The normalized spacial score (nSPS) is 12.1. The summed E-state index contributed by atoms with van der Waals surface area (Å²) in [6.45, 7) is 27.0. The lowest BCUT2D eigenvalue weighted by Crippen LogP contribution is -2.28. The lowest BCUT2D eigenvalue weighted by molar-refractivity contribution is -0.0865. The van der Waals surface area contributed by atoms with Gasteiger partial charge in [0.1, 0.15) is 12.9 Å². The number of benzene rings is 1. The Hall–Kier alpha value is -2.16. The second kappa shape index (κ2) is 82.5. The molecule has 0 aliphatic rings. The zero-order valence-corrected chi connectivity index (χ0v) is 57.7. The second-order valence-corrected chi connectivity index (χ2v) is 20.4. The van der Waals surface area contributed by atoms with Gasteiger partial charge in [-0.2, -0.15) is 0 Å². The highest BCUT2D eigenvalue weighted by Crippen LogP contribution is 2.10. The van der Waals surface area contributed by atoms with Gasteiger partial charge < -0.3 is 133 Å². The minimum atomic E-state index is -0.210. The molecule has 1 atom stereocenters. The average molecular weight is 1380 g/mol. The molecular formula is C67H126O28. The molecule has 28 heteroatoms. The molecule has 1 rings (SSSR count). The zero-order valence-electron chi connectivity index (χ0n) is 57.7. The fraction of sp³-hybridized carbons (Fsp3) is 0.881. The second-order valence-electron chi connectivity index (χ2n) is 20.4. The van der Waals surface area contributed by atoms with E-state index in [1.807, 2.05) is 6.08 Å². The first kappa shape index (κ1) is 90.9. The lowest BCUT2D eigenvalue weighted by atomic mass is 10.1. The van der Waals surface area contributed by atoms with Crippen LogP contribution in [0.25, 0.3) is 6.08 Å². The third-order valence-electron chi connectivity index (χ3n) is 12.6. The third kappa shape index (κ3) is 75.9. The molecule has 1 unspecified atom stereocenters. The number of ether oxygens (including phenoxy) is 26. The Bertz CT molecular complexity index is 1570. The summed E-state index contributed by atoms with van der Waals surface area (Å²) in [7, 11) is 0. The summed E-state index contributed by atoms with van der Waals surface area (Å²) in [6.07, 6.45) is 8.23. The SMILES string of the molecule is C=Cc1ccc(COCCCCCCCCOC(COCCOCCOCCOCCOCCOCCOCCOCCOCCOCCOCCOCCO)COCCOCCOCCOCCOCCOCCOCOCCOCCOCCOCCOCCO)cc1. The van der Waals surface area contributed by atoms with Gasteiger partial charge in [0.05, 0.1) is 324 Å². The molecule has 2 N–H and O–H groups in total. The molecule has 1 aromatic rings. The first-order valence-corrected chi connectivity index (χ1v) is 34.3. The van der Waals surface area contributed by atoms with Crippen LogP contribution in [0.4, 0.5) is 0 Å². The Labute approximate surface area is 568 Å². The van der Waals surface area contributed by atoms with E-state index in [2.05, 4.69) is 30.8 Å². The van der Waals surface area contributed by atoms with E-state index in [9.17, 15) is 0 Å². The molecule has 0 heterocycles. The maximum Gasteiger partial charge on any atom is 0.146 e. The van der Waals surface area contributed by atoms with E-state index in [1.165, 1.54) is 12.0 Å². The topological polar surface area (TPSA) is 280 Å². The van der Waals surface area contributed by atoms with Crippen LogP contribution in [-0.4, -0.2) is 353 Å². The van der Waals surface area contributed by atoms with Crippen molar-refractivity contribution in [3.8, 4) is 0 Å². The monoisotopic (exact) mass is 1380 g/mol. The van der Waals surface area contributed by atoms with Gasteiger partial charge in [0, 0.05) is 13.2 Å². The van der Waals surface area contributed by atoms with Crippen LogP contribution in [0.2, 0.25) is 0 Å². The minimum Gasteiger partial charge on any atom is -0.394 e. The molecule has 0 spiro atoms. The van der Waals surface area contributed by atoms with Crippen LogP contribution >= 0.6 is 0 Å². The van der Waals surface area contributed by atoms with Crippen molar-refractivity contribution in [1.82, 2.24) is 0 Å². The predicted octanol–water partition coefficient (Wildman–Crippen LogP) is 3.91. The van der Waals surface area contributed by atoms with Gasteiger partial charge in [-0.25, -0.2) is 0 Å². The van der Waals surface area contributed by atoms with Crippen molar-refractivity contribution in [3.05, 3.63) is 42.0 Å². The number of aliphatic hydroxyl groups is 2. The average Bonchev–Trinajstić information content (AvgIpc) is 2.66. The Morgan fingerprint density at radius 3 is 0.716 bits per heavy atom. The molecule has 95 heavy (non-hydrogen) atoms. The summed E-state index contributed by atoms with van der Waals surface area (Å²) in [4.78, 5) is 0. The molecule has 0 fully saturated rings. The van der Waals surface area contributed by atoms with Gasteiger partial charge in [0.25, 0.3) is 0 Å². The van der Waals surface area contributed by atoms with E-state index in [4.69, 9.17) is 133 Å². The van der Waals surface area contributed by atoms with Crippen LogP contribution in [0.5, 0.6) is 0 Å². The molecule has 1 aromatic carbocycles. The van der Waals surface area contributed by atoms with E-state index in [1.54, 1.807) is 0 Å². The quantitative estimate of drug-likeness (QED) is 0.0691. The molecule has 0 aliphatic carbocycles. The lowest BCUT2D eigenvalue weighted by Gasteiger charge is -2.18. The van der Waals surface area contributed by atoms with E-state index in [0.29, 0.717) is 317 Å². The number of aliphatic hydroxyl groups excluding tert-OH is 2. The van der Waals surface area contributed by atoms with Crippen LogP contribution < -0.4 is 0 Å². The zero-order chi connectivity index (χ0) is 67.7. The summed E-state index contributed by atoms with van der Waals surface area (Å²) in [5.41, 5.74) is 2.29. The maximum absolute atomic E-state index is 8.64. The standard InChI is InChI=1S/C67H126O28/c1-2-65-9-11-66(12-10-65)61-90-15-7-5-3-4-6-8-16-95-67(63-92-58-54-87-50-46-83-43-40-81-41-44-85-48-52-89-56-60-94-64-93-59-55-88-51-47-84-26-24-73-22-20-71-18-14-69)62-91-57-53-86-49-45-82-42-39-80-38-37-79-36-35-78-34-33-77-32-31-76-30-29-75-28-27-74-25-23-72-21-19-70-17-13-68/h2,9-12,67-69H,1,3-8,13-64H2. The summed E-state index contributed by atoms with van der Waals surface area (Å²) in [6, 6.07) is 8.30. The molecule has 0 aromatic heterocycles. The van der Waals surface area contributed by atoms with E-state index >= 15 is 0 Å². The summed E-state index contributed by atoms with van der Waals surface area (Å²) < 4.78 is 145. The molecular weight excluding hydrogens is 1250 g/mol. The van der Waals surface area contributed by atoms with Crippen molar-refractivity contribution < 1.29 is 133 Å². The Kier molecular flexibility index (Phi) is 78.9. The van der Waals surface area contributed by atoms with Crippen molar-refractivity contribution >= 4 is 6.08 Å². The largest absolute Gasteiger partial charge is 0.394 e. The van der Waals surface area contributed by atoms with Gasteiger partial charge >= 0.3 is 0 Å². The highest BCUT2D eigenvalue weighted by Gasteiger charge is 2.11. The van der Waals surface area contributed by atoms with Crippen LogP contribution in [0.1, 0.15) is 49.7 Å². The molecule has 0 radical (unpaired) electrons. The Morgan fingerprint density at radius 2 is 0.463 bits per heavy atom.